The highest BCUT2D eigenvalue weighted by molar-refractivity contribution is 8.00. The number of aliphatic carboxylic acids is 1. The summed E-state index contributed by atoms with van der Waals surface area (Å²) >= 11 is 7.89. The Morgan fingerprint density at radius 3 is 2.79 bits per heavy atom. The van der Waals surface area contributed by atoms with Crippen molar-refractivity contribution < 1.29 is 24.3 Å². The van der Waals surface area contributed by atoms with E-state index in [2.05, 4.69) is 36.0 Å². The number of hydrogen-bond acceptors (Lipinski definition) is 14. The van der Waals surface area contributed by atoms with Crippen molar-refractivity contribution in [3.63, 3.8) is 0 Å². The number of nitrogens with two attached hydrogens (primary N) is 3. The number of fused-ring (bicyclic) bond motifs is 1. The third-order valence-corrected chi connectivity index (χ3v) is 7.83. The molecule has 4 rings (SSSR count). The number of anilines is 1. The van der Waals surface area contributed by atoms with Gasteiger partial charge in [0.2, 0.25) is 0 Å². The minimum atomic E-state index is -1.36. The number of nitrogens with one attached hydrogen (secondary N) is 1. The monoisotopic (exact) mass is 594 g/mol. The number of hydrogen-bond donors (Lipinski definition) is 5. The number of thioether (sulfide) groups is 1. The van der Waals surface area contributed by atoms with Crippen LogP contribution in [0.25, 0.3) is 0 Å². The first-order chi connectivity index (χ1) is 18.6. The van der Waals surface area contributed by atoms with Gasteiger partial charge in [-0.2, -0.15) is 0 Å². The van der Waals surface area contributed by atoms with Crippen LogP contribution in [0, 0.1) is 0 Å². The van der Waals surface area contributed by atoms with E-state index in [1.165, 1.54) is 28.9 Å². The Morgan fingerprint density at radius 1 is 1.38 bits per heavy atom. The number of tetrazole rings is 1. The molecule has 0 radical (unpaired) electrons. The van der Waals surface area contributed by atoms with Crippen molar-refractivity contribution in [2.75, 3.05) is 25.1 Å². The van der Waals surface area contributed by atoms with Gasteiger partial charge in [0.15, 0.2) is 22.6 Å². The van der Waals surface area contributed by atoms with Gasteiger partial charge in [0.25, 0.3) is 11.8 Å². The third kappa shape index (κ3) is 5.66. The SMILES string of the molecule is CON=C(C(=O)N[C@@H]1C(=O)N2C(C(=O)O)=C(C(=S)c3nnnn3CCCN=C(N)N)CS[C@@H]12)c1csc(N)n1. The number of nitrogen functional groups attached to an aromatic ring is 1. The summed E-state index contributed by atoms with van der Waals surface area (Å²) < 4.78 is 1.41. The first kappa shape index (κ1) is 27.9. The zero-order valence-electron chi connectivity index (χ0n) is 20.2. The van der Waals surface area contributed by atoms with Gasteiger partial charge in [-0.3, -0.25) is 19.5 Å². The second kappa shape index (κ2) is 11.7. The summed E-state index contributed by atoms with van der Waals surface area (Å²) in [4.78, 5) is 52.1. The van der Waals surface area contributed by atoms with Crippen LogP contribution in [-0.2, 0) is 25.8 Å². The molecule has 4 heterocycles. The highest BCUT2D eigenvalue weighted by Gasteiger charge is 2.55. The molecule has 2 aliphatic rings. The number of rotatable bonds is 11. The maximum Gasteiger partial charge on any atom is 0.353 e. The molecule has 2 aromatic heterocycles. The second-order valence-corrected chi connectivity index (χ2v) is 10.3. The van der Waals surface area contributed by atoms with Gasteiger partial charge in [-0.15, -0.1) is 28.2 Å². The van der Waals surface area contributed by atoms with E-state index in [-0.39, 0.29) is 50.2 Å². The normalized spacial score (nSPS) is 18.7. The quantitative estimate of drug-likeness (QED) is 0.0355. The van der Waals surface area contributed by atoms with Crippen LogP contribution in [-0.4, -0.2) is 100 Å². The third-order valence-electron chi connectivity index (χ3n) is 5.45. The lowest BCUT2D eigenvalue weighted by Gasteiger charge is -2.49. The van der Waals surface area contributed by atoms with E-state index < -0.39 is 29.2 Å². The summed E-state index contributed by atoms with van der Waals surface area (Å²) in [5.74, 6) is -2.47. The summed E-state index contributed by atoms with van der Waals surface area (Å²) in [6, 6.07) is -1.02. The Hall–Kier alpha value is -4.17. The Morgan fingerprint density at radius 2 is 2.15 bits per heavy atom. The smallest absolute Gasteiger partial charge is 0.353 e. The molecular formula is C19H22N12O5S3. The lowest BCUT2D eigenvalue weighted by molar-refractivity contribution is -0.150. The molecule has 2 aromatic rings. The highest BCUT2D eigenvalue weighted by Crippen LogP contribution is 2.41. The number of carbonyl (C=O) groups excluding carboxylic acids is 2. The zero-order chi connectivity index (χ0) is 28.3. The summed E-state index contributed by atoms with van der Waals surface area (Å²) in [6.45, 7) is 0.647. The Bertz CT molecular complexity index is 1410. The predicted octanol–water partition coefficient (Wildman–Crippen LogP) is -2.12. The summed E-state index contributed by atoms with van der Waals surface area (Å²) in [5.41, 5.74) is 16.2. The second-order valence-electron chi connectivity index (χ2n) is 7.90. The first-order valence-corrected chi connectivity index (χ1v) is 13.4. The molecular weight excluding hydrogens is 572 g/mol. The molecule has 0 unspecified atom stereocenters. The van der Waals surface area contributed by atoms with Crippen LogP contribution in [0.2, 0.25) is 0 Å². The molecule has 1 fully saturated rings. The molecule has 206 valence electrons. The number of thiocarbonyl (C=S) groups is 1. The van der Waals surface area contributed by atoms with Crippen LogP contribution >= 0.6 is 35.3 Å². The van der Waals surface area contributed by atoms with Gasteiger partial charge >= 0.3 is 5.97 Å². The van der Waals surface area contributed by atoms with Gasteiger partial charge in [0.1, 0.15) is 29.9 Å². The number of β-lactam (4-membered cyclic amide) rings is 1. The number of carbonyl (C=O) groups is 3. The predicted molar refractivity (Wildman–Crippen MR) is 145 cm³/mol. The van der Waals surface area contributed by atoms with Crippen LogP contribution in [0.5, 0.6) is 0 Å². The van der Waals surface area contributed by atoms with Crippen molar-refractivity contribution in [3.8, 4) is 0 Å². The summed E-state index contributed by atoms with van der Waals surface area (Å²) in [6.07, 6.45) is 0.494. The fourth-order valence-corrected chi connectivity index (χ4v) is 6.08. The van der Waals surface area contributed by atoms with E-state index in [1.54, 1.807) is 0 Å². The van der Waals surface area contributed by atoms with Gasteiger partial charge in [0.05, 0.1) is 4.86 Å². The van der Waals surface area contributed by atoms with Crippen molar-refractivity contribution in [1.82, 2.24) is 35.4 Å². The Labute approximate surface area is 233 Å². The topological polar surface area (TPSA) is 255 Å². The van der Waals surface area contributed by atoms with E-state index in [1.807, 2.05) is 0 Å². The molecule has 0 aliphatic carbocycles. The maximum absolute atomic E-state index is 13.1. The van der Waals surface area contributed by atoms with Gasteiger partial charge < -0.3 is 32.5 Å². The average Bonchev–Trinajstić information content (AvgIpc) is 3.55. The molecule has 8 N–H and O–H groups in total. The average molecular weight is 595 g/mol. The molecule has 2 amide bonds. The number of aliphatic imine (C=N–C) groups is 1. The fourth-order valence-electron chi connectivity index (χ4n) is 3.78. The molecule has 17 nitrogen and oxygen atoms in total. The van der Waals surface area contributed by atoms with E-state index >= 15 is 0 Å². The number of carboxylic acid groups (broad SMARTS) is 1. The largest absolute Gasteiger partial charge is 0.477 e. The minimum absolute atomic E-state index is 0.0451. The lowest BCUT2D eigenvalue weighted by atomic mass is 10.0. The number of thiazole rings is 1. The molecule has 0 saturated carbocycles. The lowest BCUT2D eigenvalue weighted by Crippen LogP contribution is -2.71. The van der Waals surface area contributed by atoms with Crippen LogP contribution in [0.1, 0.15) is 17.9 Å². The fraction of sp³-hybridized carbons (Fsp3) is 0.368. The van der Waals surface area contributed by atoms with E-state index in [0.29, 0.717) is 19.5 Å². The van der Waals surface area contributed by atoms with Crippen LogP contribution in [0.4, 0.5) is 5.13 Å². The van der Waals surface area contributed by atoms with E-state index in [9.17, 15) is 19.5 Å². The van der Waals surface area contributed by atoms with Crippen molar-refractivity contribution in [2.45, 2.75) is 24.4 Å². The van der Waals surface area contributed by atoms with Crippen molar-refractivity contribution >= 4 is 74.8 Å². The summed E-state index contributed by atoms with van der Waals surface area (Å²) in [5, 5.41) is 28.8. The molecule has 2 aliphatic heterocycles. The van der Waals surface area contributed by atoms with Gasteiger partial charge in [-0.1, -0.05) is 17.4 Å². The Balaban J connectivity index is 1.52. The standard InChI is InChI=1S/C19H22N12O5S3/c1-36-27-9(8-6-39-19(22)24-8)14(32)25-10-15(33)31-11(17(34)35)7(5-38-16(10)31)12(37)13-26-28-29-30(13)4-2-3-23-18(20)21/h6,10,16H,2-5H2,1H3,(H2,22,24)(H,25,32)(H,34,35)(H4,20,21,23)/t10-,16+/m1/s1. The first-order valence-electron chi connectivity index (χ1n) is 11.0. The molecule has 20 heteroatoms. The number of nitrogens with zero attached hydrogens (tertiary/aromatic N) is 8. The highest BCUT2D eigenvalue weighted by atomic mass is 32.2. The number of carboxylic acids is 1. The number of guanidine groups is 1. The van der Waals surface area contributed by atoms with Gasteiger partial charge in [-0.25, -0.2) is 14.5 Å². The van der Waals surface area contributed by atoms with Gasteiger partial charge in [-0.05, 0) is 16.8 Å². The maximum atomic E-state index is 13.1. The van der Waals surface area contributed by atoms with Crippen LogP contribution in [0.15, 0.2) is 26.8 Å². The summed E-state index contributed by atoms with van der Waals surface area (Å²) in [7, 11) is 1.25. The number of aryl methyl sites for hydroxylation is 1. The molecule has 1 saturated heterocycles. The minimum Gasteiger partial charge on any atom is -0.477 e. The zero-order valence-corrected chi connectivity index (χ0v) is 22.6. The number of aromatic nitrogens is 5. The van der Waals surface area contributed by atoms with Crippen molar-refractivity contribution in [3.05, 3.63) is 28.2 Å². The molecule has 2 atom stereocenters. The van der Waals surface area contributed by atoms with E-state index in [4.69, 9.17) is 34.3 Å². The van der Waals surface area contributed by atoms with Crippen LogP contribution in [0.3, 0.4) is 0 Å². The number of oxime groups is 1. The molecule has 0 bridgehead atoms. The molecule has 39 heavy (non-hydrogen) atoms. The van der Waals surface area contributed by atoms with Crippen molar-refractivity contribution in [2.24, 2.45) is 21.6 Å². The van der Waals surface area contributed by atoms with Crippen LogP contribution < -0.4 is 22.5 Å². The molecule has 0 spiro atoms. The Kier molecular flexibility index (Phi) is 8.35. The van der Waals surface area contributed by atoms with Crippen molar-refractivity contribution in [1.29, 1.82) is 0 Å². The number of amides is 2. The molecule has 0 aromatic carbocycles. The van der Waals surface area contributed by atoms with E-state index in [0.717, 1.165) is 16.2 Å². The van der Waals surface area contributed by atoms with Gasteiger partial charge in [0, 0.05) is 29.8 Å².